The molecule has 1 saturated heterocycles. The molecule has 5 heteroatoms. The number of rotatable bonds is 3. The van der Waals surface area contributed by atoms with E-state index in [0.29, 0.717) is 0 Å². The zero-order valence-corrected chi connectivity index (χ0v) is 12.8. The molecule has 5 nitrogen and oxygen atoms in total. The number of imidazole rings is 1. The maximum atomic E-state index is 11.8. The molecule has 1 aromatic heterocycles. The first kappa shape index (κ1) is 14.4. The largest absolute Gasteiger partial charge is 0.495 e. The predicted octanol–water partition coefficient (Wildman–Crippen LogP) is 2.48. The van der Waals surface area contributed by atoms with Gasteiger partial charge in [-0.05, 0) is 43.5 Å². The van der Waals surface area contributed by atoms with E-state index in [9.17, 15) is 4.79 Å². The molecule has 2 heterocycles. The van der Waals surface area contributed by atoms with Crippen LogP contribution >= 0.6 is 0 Å². The van der Waals surface area contributed by atoms with Crippen LogP contribution in [0.25, 0.3) is 11.8 Å². The summed E-state index contributed by atoms with van der Waals surface area (Å²) in [6.07, 6.45) is 7.45. The van der Waals surface area contributed by atoms with Gasteiger partial charge in [-0.3, -0.25) is 4.79 Å². The minimum Gasteiger partial charge on any atom is -0.495 e. The Hall–Kier alpha value is -2.56. The Labute approximate surface area is 129 Å². The molecule has 1 amide bonds. The van der Waals surface area contributed by atoms with E-state index in [4.69, 9.17) is 4.74 Å². The lowest BCUT2D eigenvalue weighted by atomic mass is 10.0. The standard InChI is InChI=1S/C17H19N3O2/c1-12-10-20(11-19-12)15-6-5-13(9-16(15)22-2)8-14-4-3-7-18-17(14)21/h5-6,8-11H,3-4,7H2,1-2H3,(H,18,21). The molecule has 0 unspecified atom stereocenters. The predicted molar refractivity (Wildman–Crippen MR) is 85.1 cm³/mol. The summed E-state index contributed by atoms with van der Waals surface area (Å²) in [6.45, 7) is 2.71. The minimum atomic E-state index is 0.0273. The molecule has 22 heavy (non-hydrogen) atoms. The Morgan fingerprint density at radius 2 is 2.27 bits per heavy atom. The highest BCUT2D eigenvalue weighted by Crippen LogP contribution is 2.26. The molecule has 0 atom stereocenters. The van der Waals surface area contributed by atoms with E-state index in [0.717, 1.165) is 47.7 Å². The highest BCUT2D eigenvalue weighted by Gasteiger charge is 2.14. The average Bonchev–Trinajstić information content (AvgIpc) is 2.96. The molecule has 1 fully saturated rings. The molecule has 1 N–H and O–H groups in total. The summed E-state index contributed by atoms with van der Waals surface area (Å²) in [5.41, 5.74) is 3.66. The van der Waals surface area contributed by atoms with Crippen molar-refractivity contribution in [2.75, 3.05) is 13.7 Å². The van der Waals surface area contributed by atoms with E-state index >= 15 is 0 Å². The number of carbonyl (C=O) groups excluding carboxylic acids is 1. The average molecular weight is 297 g/mol. The Kier molecular flexibility index (Phi) is 3.96. The SMILES string of the molecule is COc1cc(C=C2CCCNC2=O)ccc1-n1cnc(C)c1. The summed E-state index contributed by atoms with van der Waals surface area (Å²) in [4.78, 5) is 16.1. The smallest absolute Gasteiger partial charge is 0.247 e. The fourth-order valence-corrected chi connectivity index (χ4v) is 2.60. The second kappa shape index (κ2) is 6.05. The Bertz CT molecular complexity index is 731. The second-order valence-corrected chi connectivity index (χ2v) is 5.38. The zero-order chi connectivity index (χ0) is 15.5. The van der Waals surface area contributed by atoms with Crippen molar-refractivity contribution < 1.29 is 9.53 Å². The van der Waals surface area contributed by atoms with Gasteiger partial charge in [-0.1, -0.05) is 6.07 Å². The third-order valence-corrected chi connectivity index (χ3v) is 3.73. The number of piperidine rings is 1. The van der Waals surface area contributed by atoms with Gasteiger partial charge in [0.05, 0.1) is 24.8 Å². The van der Waals surface area contributed by atoms with E-state index in [1.54, 1.807) is 13.4 Å². The van der Waals surface area contributed by atoms with Crippen LogP contribution in [0.15, 0.2) is 36.3 Å². The van der Waals surface area contributed by atoms with Gasteiger partial charge in [-0.15, -0.1) is 0 Å². The lowest BCUT2D eigenvalue weighted by Crippen LogP contribution is -2.30. The number of carbonyl (C=O) groups is 1. The van der Waals surface area contributed by atoms with Crippen molar-refractivity contribution in [2.24, 2.45) is 0 Å². The first-order valence-electron chi connectivity index (χ1n) is 7.35. The number of nitrogens with zero attached hydrogens (tertiary/aromatic N) is 2. The molecule has 0 bridgehead atoms. The quantitative estimate of drug-likeness (QED) is 0.886. The van der Waals surface area contributed by atoms with Gasteiger partial charge in [-0.25, -0.2) is 4.98 Å². The summed E-state index contributed by atoms with van der Waals surface area (Å²) in [5, 5.41) is 2.87. The van der Waals surface area contributed by atoms with Gasteiger partial charge in [0, 0.05) is 18.3 Å². The molecular weight excluding hydrogens is 278 g/mol. The molecule has 0 radical (unpaired) electrons. The number of aryl methyl sites for hydroxylation is 1. The molecule has 2 aromatic rings. The minimum absolute atomic E-state index is 0.0273. The van der Waals surface area contributed by atoms with E-state index in [-0.39, 0.29) is 5.91 Å². The van der Waals surface area contributed by atoms with Gasteiger partial charge in [-0.2, -0.15) is 0 Å². The van der Waals surface area contributed by atoms with Crippen LogP contribution in [0.5, 0.6) is 5.75 Å². The number of aromatic nitrogens is 2. The van der Waals surface area contributed by atoms with Crippen molar-refractivity contribution in [3.05, 3.63) is 47.6 Å². The molecule has 0 saturated carbocycles. The fraction of sp³-hybridized carbons (Fsp3) is 0.294. The van der Waals surface area contributed by atoms with E-state index in [2.05, 4.69) is 10.3 Å². The first-order valence-corrected chi connectivity index (χ1v) is 7.35. The maximum absolute atomic E-state index is 11.8. The van der Waals surface area contributed by atoms with Gasteiger partial charge in [0.15, 0.2) is 0 Å². The number of ether oxygens (including phenoxy) is 1. The van der Waals surface area contributed by atoms with Crippen LogP contribution in [0, 0.1) is 6.92 Å². The summed E-state index contributed by atoms with van der Waals surface area (Å²) in [6, 6.07) is 5.91. The summed E-state index contributed by atoms with van der Waals surface area (Å²) in [7, 11) is 1.65. The number of benzene rings is 1. The lowest BCUT2D eigenvalue weighted by molar-refractivity contribution is -0.118. The zero-order valence-electron chi connectivity index (χ0n) is 12.8. The molecule has 1 aliphatic heterocycles. The summed E-state index contributed by atoms with van der Waals surface area (Å²) in [5.74, 6) is 0.780. The molecule has 0 aliphatic carbocycles. The van der Waals surface area contributed by atoms with E-state index < -0.39 is 0 Å². The van der Waals surface area contributed by atoms with Crippen molar-refractivity contribution in [2.45, 2.75) is 19.8 Å². The molecule has 1 aromatic carbocycles. The van der Waals surface area contributed by atoms with Crippen LogP contribution in [-0.4, -0.2) is 29.1 Å². The number of methoxy groups -OCH3 is 1. The number of hydrogen-bond acceptors (Lipinski definition) is 3. The molecular formula is C17H19N3O2. The van der Waals surface area contributed by atoms with Crippen LogP contribution in [0.4, 0.5) is 0 Å². The van der Waals surface area contributed by atoms with Crippen molar-refractivity contribution in [3.63, 3.8) is 0 Å². The van der Waals surface area contributed by atoms with Gasteiger partial charge in [0.2, 0.25) is 5.91 Å². The summed E-state index contributed by atoms with van der Waals surface area (Å²) >= 11 is 0. The fourth-order valence-electron chi connectivity index (χ4n) is 2.60. The van der Waals surface area contributed by atoms with Gasteiger partial charge < -0.3 is 14.6 Å². The van der Waals surface area contributed by atoms with Crippen LogP contribution in [0.3, 0.4) is 0 Å². The van der Waals surface area contributed by atoms with E-state index in [1.807, 2.05) is 42.0 Å². The third kappa shape index (κ3) is 2.88. The second-order valence-electron chi connectivity index (χ2n) is 5.38. The van der Waals surface area contributed by atoms with Crippen LogP contribution in [0.1, 0.15) is 24.1 Å². The van der Waals surface area contributed by atoms with Crippen LogP contribution < -0.4 is 10.1 Å². The molecule has 3 rings (SSSR count). The van der Waals surface area contributed by atoms with Crippen molar-refractivity contribution in [1.82, 2.24) is 14.9 Å². The Morgan fingerprint density at radius 3 is 2.95 bits per heavy atom. The normalized spacial score (nSPS) is 16.6. The Balaban J connectivity index is 1.95. The first-order chi connectivity index (χ1) is 10.7. The van der Waals surface area contributed by atoms with E-state index in [1.165, 1.54) is 0 Å². The number of hydrogen-bond donors (Lipinski definition) is 1. The number of nitrogens with one attached hydrogen (secondary N) is 1. The topological polar surface area (TPSA) is 56.1 Å². The lowest BCUT2D eigenvalue weighted by Gasteiger charge is -2.15. The molecule has 0 spiro atoms. The highest BCUT2D eigenvalue weighted by molar-refractivity contribution is 5.98. The summed E-state index contributed by atoms with van der Waals surface area (Å²) < 4.78 is 7.42. The molecule has 1 aliphatic rings. The Morgan fingerprint density at radius 1 is 1.41 bits per heavy atom. The maximum Gasteiger partial charge on any atom is 0.247 e. The number of amides is 1. The van der Waals surface area contributed by atoms with Crippen molar-refractivity contribution in [3.8, 4) is 11.4 Å². The van der Waals surface area contributed by atoms with Crippen LogP contribution in [0.2, 0.25) is 0 Å². The van der Waals surface area contributed by atoms with Gasteiger partial charge in [0.1, 0.15) is 5.75 Å². The highest BCUT2D eigenvalue weighted by atomic mass is 16.5. The van der Waals surface area contributed by atoms with Crippen molar-refractivity contribution >= 4 is 12.0 Å². The molecule has 114 valence electrons. The monoisotopic (exact) mass is 297 g/mol. The van der Waals surface area contributed by atoms with Gasteiger partial charge in [0.25, 0.3) is 0 Å². The third-order valence-electron chi connectivity index (χ3n) is 3.73. The van der Waals surface area contributed by atoms with Crippen LogP contribution in [-0.2, 0) is 4.79 Å². The van der Waals surface area contributed by atoms with Gasteiger partial charge >= 0.3 is 0 Å². The van der Waals surface area contributed by atoms with Crippen molar-refractivity contribution in [1.29, 1.82) is 0 Å².